The minimum absolute atomic E-state index is 0.0245. The molecule has 1 atom stereocenters. The van der Waals surface area contributed by atoms with Gasteiger partial charge in [-0.25, -0.2) is 4.39 Å². The van der Waals surface area contributed by atoms with Crippen LogP contribution < -0.4 is 10.5 Å². The van der Waals surface area contributed by atoms with Gasteiger partial charge in [0, 0.05) is 6.54 Å². The lowest BCUT2D eigenvalue weighted by atomic mass is 9.97. The van der Waals surface area contributed by atoms with Crippen molar-refractivity contribution in [3.63, 3.8) is 0 Å². The average molecular weight is 386 g/mol. The second kappa shape index (κ2) is 8.84. The molecule has 3 rings (SSSR count). The van der Waals surface area contributed by atoms with Gasteiger partial charge < -0.3 is 20.1 Å². The number of benzene rings is 2. The Balaban J connectivity index is 1.69. The van der Waals surface area contributed by atoms with Crippen LogP contribution in [0.3, 0.4) is 0 Å². The normalized spacial score (nSPS) is 19.2. The summed E-state index contributed by atoms with van der Waals surface area (Å²) in [5.41, 5.74) is 5.30. The molecule has 1 heterocycles. The lowest BCUT2D eigenvalue weighted by molar-refractivity contribution is -0.161. The van der Waals surface area contributed by atoms with Crippen LogP contribution >= 0.6 is 0 Å². The Labute approximate surface area is 163 Å². The Bertz CT molecular complexity index is 813. The number of rotatable bonds is 7. The first-order valence-electron chi connectivity index (χ1n) is 9.08. The molecule has 6 nitrogen and oxygen atoms in total. The molecular formula is C21H23FN2O4. The molecule has 148 valence electrons. The summed E-state index contributed by atoms with van der Waals surface area (Å²) in [6.45, 7) is 0.933. The van der Waals surface area contributed by atoms with Crippen LogP contribution in [-0.4, -0.2) is 48.6 Å². The van der Waals surface area contributed by atoms with E-state index in [9.17, 15) is 14.0 Å². The SMILES string of the molecule is NC(=O)C[C@@]1(COc2ccc(F)cc2)CN(C(=O)Cc2ccccc2)CCO1. The van der Waals surface area contributed by atoms with Crippen molar-refractivity contribution < 1.29 is 23.5 Å². The zero-order valence-corrected chi connectivity index (χ0v) is 15.5. The van der Waals surface area contributed by atoms with Crippen LogP contribution in [0, 0.1) is 5.82 Å². The molecule has 28 heavy (non-hydrogen) atoms. The van der Waals surface area contributed by atoms with Crippen molar-refractivity contribution in [2.24, 2.45) is 5.73 Å². The number of primary amides is 1. The van der Waals surface area contributed by atoms with E-state index in [0.29, 0.717) is 12.3 Å². The summed E-state index contributed by atoms with van der Waals surface area (Å²) >= 11 is 0. The lowest BCUT2D eigenvalue weighted by Crippen LogP contribution is -2.58. The van der Waals surface area contributed by atoms with Crippen LogP contribution in [0.2, 0.25) is 0 Å². The maximum Gasteiger partial charge on any atom is 0.227 e. The van der Waals surface area contributed by atoms with E-state index in [-0.39, 0.29) is 44.3 Å². The van der Waals surface area contributed by atoms with Crippen molar-refractivity contribution in [3.8, 4) is 5.75 Å². The number of carbonyl (C=O) groups excluding carboxylic acids is 2. The number of halogens is 1. The fourth-order valence-corrected chi connectivity index (χ4v) is 3.25. The van der Waals surface area contributed by atoms with E-state index >= 15 is 0 Å². The van der Waals surface area contributed by atoms with E-state index in [1.807, 2.05) is 30.3 Å². The van der Waals surface area contributed by atoms with Crippen molar-refractivity contribution in [3.05, 3.63) is 66.0 Å². The third-order valence-corrected chi connectivity index (χ3v) is 4.61. The fraction of sp³-hybridized carbons (Fsp3) is 0.333. The molecule has 0 unspecified atom stereocenters. The fourth-order valence-electron chi connectivity index (χ4n) is 3.25. The van der Waals surface area contributed by atoms with Crippen molar-refractivity contribution in [2.75, 3.05) is 26.3 Å². The molecule has 1 aliphatic heterocycles. The number of amides is 2. The summed E-state index contributed by atoms with van der Waals surface area (Å²) in [6.07, 6.45) is 0.190. The van der Waals surface area contributed by atoms with Gasteiger partial charge in [-0.15, -0.1) is 0 Å². The summed E-state index contributed by atoms with van der Waals surface area (Å²) in [7, 11) is 0. The van der Waals surface area contributed by atoms with Gasteiger partial charge in [-0.05, 0) is 29.8 Å². The number of nitrogens with zero attached hydrogens (tertiary/aromatic N) is 1. The second-order valence-electron chi connectivity index (χ2n) is 6.89. The maximum absolute atomic E-state index is 13.1. The molecule has 7 heteroatoms. The predicted molar refractivity (Wildman–Crippen MR) is 101 cm³/mol. The lowest BCUT2D eigenvalue weighted by Gasteiger charge is -2.42. The molecule has 0 aliphatic carbocycles. The second-order valence-corrected chi connectivity index (χ2v) is 6.89. The number of ether oxygens (including phenoxy) is 2. The molecule has 0 bridgehead atoms. The Hall–Kier alpha value is -2.93. The van der Waals surface area contributed by atoms with E-state index in [4.69, 9.17) is 15.2 Å². The molecule has 2 aromatic carbocycles. The van der Waals surface area contributed by atoms with Crippen molar-refractivity contribution >= 4 is 11.8 Å². The summed E-state index contributed by atoms with van der Waals surface area (Å²) in [4.78, 5) is 26.0. The van der Waals surface area contributed by atoms with Crippen LogP contribution in [0.15, 0.2) is 54.6 Å². The zero-order chi connectivity index (χ0) is 20.0. The first-order chi connectivity index (χ1) is 13.5. The van der Waals surface area contributed by atoms with Gasteiger partial charge in [0.1, 0.15) is 23.8 Å². The Morgan fingerprint density at radius 1 is 1.14 bits per heavy atom. The Morgan fingerprint density at radius 2 is 1.86 bits per heavy atom. The average Bonchev–Trinajstić information content (AvgIpc) is 2.68. The first kappa shape index (κ1) is 19.8. The first-order valence-corrected chi connectivity index (χ1v) is 9.08. The molecule has 0 aromatic heterocycles. The monoisotopic (exact) mass is 386 g/mol. The van der Waals surface area contributed by atoms with E-state index in [2.05, 4.69) is 0 Å². The number of hydrogen-bond donors (Lipinski definition) is 1. The van der Waals surface area contributed by atoms with E-state index < -0.39 is 11.5 Å². The highest BCUT2D eigenvalue weighted by Gasteiger charge is 2.40. The minimum atomic E-state index is -1.04. The van der Waals surface area contributed by atoms with Crippen LogP contribution in [0.1, 0.15) is 12.0 Å². The summed E-state index contributed by atoms with van der Waals surface area (Å²) < 4.78 is 24.6. The summed E-state index contributed by atoms with van der Waals surface area (Å²) in [5.74, 6) is -0.516. The van der Waals surface area contributed by atoms with E-state index in [1.54, 1.807) is 4.90 Å². The van der Waals surface area contributed by atoms with Gasteiger partial charge in [0.05, 0.1) is 26.0 Å². The van der Waals surface area contributed by atoms with Crippen molar-refractivity contribution in [1.82, 2.24) is 4.90 Å². The molecule has 1 saturated heterocycles. The largest absolute Gasteiger partial charge is 0.490 e. The molecule has 0 saturated carbocycles. The molecule has 1 aliphatic rings. The van der Waals surface area contributed by atoms with Gasteiger partial charge in [-0.1, -0.05) is 30.3 Å². The molecule has 1 fully saturated rings. The zero-order valence-electron chi connectivity index (χ0n) is 15.5. The molecule has 2 N–H and O–H groups in total. The predicted octanol–water partition coefficient (Wildman–Crippen LogP) is 1.92. The van der Waals surface area contributed by atoms with Crippen LogP contribution in [0.4, 0.5) is 4.39 Å². The van der Waals surface area contributed by atoms with Crippen LogP contribution in [0.25, 0.3) is 0 Å². The van der Waals surface area contributed by atoms with E-state index in [0.717, 1.165) is 5.56 Å². The highest BCUT2D eigenvalue weighted by molar-refractivity contribution is 5.79. The summed E-state index contributed by atoms with van der Waals surface area (Å²) in [6, 6.07) is 15.0. The van der Waals surface area contributed by atoms with E-state index in [1.165, 1.54) is 24.3 Å². The third-order valence-electron chi connectivity index (χ3n) is 4.61. The van der Waals surface area contributed by atoms with Gasteiger partial charge in [0.15, 0.2) is 0 Å². The topological polar surface area (TPSA) is 81.9 Å². The van der Waals surface area contributed by atoms with Crippen LogP contribution in [-0.2, 0) is 20.7 Å². The molecular weight excluding hydrogens is 363 g/mol. The quantitative estimate of drug-likeness (QED) is 0.788. The van der Waals surface area contributed by atoms with Gasteiger partial charge in [-0.3, -0.25) is 9.59 Å². The maximum atomic E-state index is 13.1. The molecule has 2 aromatic rings. The molecule has 0 radical (unpaired) electrons. The minimum Gasteiger partial charge on any atom is -0.490 e. The number of hydrogen-bond acceptors (Lipinski definition) is 4. The number of morpholine rings is 1. The Kier molecular flexibility index (Phi) is 6.26. The Morgan fingerprint density at radius 3 is 2.54 bits per heavy atom. The van der Waals surface area contributed by atoms with Crippen molar-refractivity contribution in [2.45, 2.75) is 18.4 Å². The third kappa shape index (κ3) is 5.29. The summed E-state index contributed by atoms with van der Waals surface area (Å²) in [5, 5.41) is 0. The van der Waals surface area contributed by atoms with Crippen LogP contribution in [0.5, 0.6) is 5.75 Å². The van der Waals surface area contributed by atoms with Gasteiger partial charge >= 0.3 is 0 Å². The highest BCUT2D eigenvalue weighted by atomic mass is 19.1. The number of carbonyl (C=O) groups is 2. The van der Waals surface area contributed by atoms with Gasteiger partial charge in [0.25, 0.3) is 0 Å². The number of nitrogens with two attached hydrogens (primary N) is 1. The highest BCUT2D eigenvalue weighted by Crippen LogP contribution is 2.25. The molecule has 2 amide bonds. The van der Waals surface area contributed by atoms with Gasteiger partial charge in [-0.2, -0.15) is 0 Å². The van der Waals surface area contributed by atoms with Gasteiger partial charge in [0.2, 0.25) is 11.8 Å². The van der Waals surface area contributed by atoms with Crippen molar-refractivity contribution in [1.29, 1.82) is 0 Å². The molecule has 0 spiro atoms. The standard InChI is InChI=1S/C21H23FN2O4/c22-17-6-8-18(9-7-17)27-15-21(13-19(23)25)14-24(10-11-28-21)20(26)12-16-4-2-1-3-5-16/h1-9H,10-15H2,(H2,23,25)/t21-/m0/s1. The smallest absolute Gasteiger partial charge is 0.227 e.